The highest BCUT2D eigenvalue weighted by Gasteiger charge is 2.71. The van der Waals surface area contributed by atoms with Gasteiger partial charge in [0.15, 0.2) is 0 Å². The normalized spacial score (nSPS) is 20.2. The minimum atomic E-state index is -3.91. The van der Waals surface area contributed by atoms with Gasteiger partial charge in [0.2, 0.25) is 0 Å². The van der Waals surface area contributed by atoms with Crippen LogP contribution < -0.4 is 5.32 Å². The lowest BCUT2D eigenvalue weighted by atomic mass is 10.2. The quantitative estimate of drug-likeness (QED) is 0.420. The second-order valence-electron chi connectivity index (χ2n) is 3.85. The molecule has 7 nitrogen and oxygen atoms in total. The van der Waals surface area contributed by atoms with E-state index in [9.17, 15) is 9.46 Å². The molecular formula is C9H14NO6P2+. The molecule has 100 valence electrons. The van der Waals surface area contributed by atoms with Gasteiger partial charge in [0, 0.05) is 12.2 Å². The molecule has 1 unspecified atom stereocenters. The predicted molar refractivity (Wildman–Crippen MR) is 66.8 cm³/mol. The van der Waals surface area contributed by atoms with Gasteiger partial charge in [-0.1, -0.05) is 22.0 Å². The third-order valence-electron chi connectivity index (χ3n) is 2.21. The summed E-state index contributed by atoms with van der Waals surface area (Å²) in [6.07, 6.45) is -0.157. The van der Waals surface area contributed by atoms with E-state index in [-0.39, 0.29) is 12.7 Å². The summed E-state index contributed by atoms with van der Waals surface area (Å²) < 4.78 is 24.2. The molecule has 0 amide bonds. The van der Waals surface area contributed by atoms with Crippen molar-refractivity contribution in [2.45, 2.75) is 6.92 Å². The Hall–Kier alpha value is -0.520. The molecule has 1 saturated heterocycles. The summed E-state index contributed by atoms with van der Waals surface area (Å²) in [5.74, 6) is 0. The largest absolute Gasteiger partial charge is 0.650 e. The van der Waals surface area contributed by atoms with Gasteiger partial charge in [-0.05, 0) is 19.1 Å². The number of anilines is 1. The molecule has 1 atom stereocenters. The Morgan fingerprint density at radius 1 is 1.39 bits per heavy atom. The first-order chi connectivity index (χ1) is 8.39. The lowest BCUT2D eigenvalue weighted by Crippen LogP contribution is -2.07. The zero-order chi connectivity index (χ0) is 13.2. The standard InChI is InChI=1S/C9H13NO6P2/c1-8-2-4-9(5-3-8)10-6-7-17(11,12)16-18(13)14-15-18/h2-5,10,13H,6-7H2,1H3/p+1. The van der Waals surface area contributed by atoms with Crippen LogP contribution >= 0.6 is 15.8 Å². The van der Waals surface area contributed by atoms with Crippen molar-refractivity contribution in [2.75, 3.05) is 18.0 Å². The van der Waals surface area contributed by atoms with E-state index in [1.807, 2.05) is 31.2 Å². The Balaban J connectivity index is 1.77. The first-order valence-electron chi connectivity index (χ1n) is 5.22. The Morgan fingerprint density at radius 2 is 2.00 bits per heavy atom. The van der Waals surface area contributed by atoms with Crippen molar-refractivity contribution in [2.24, 2.45) is 0 Å². The Bertz CT molecular complexity index is 461. The molecule has 0 spiro atoms. The van der Waals surface area contributed by atoms with Crippen LogP contribution in [0.4, 0.5) is 5.69 Å². The average Bonchev–Trinajstić information content (AvgIpc) is 2.97. The molecule has 1 aromatic carbocycles. The van der Waals surface area contributed by atoms with Gasteiger partial charge < -0.3 is 10.2 Å². The minimum Gasteiger partial charge on any atom is -0.384 e. The Labute approximate surface area is 105 Å². The first-order valence-corrected chi connectivity index (χ1v) is 8.48. The molecular weight excluding hydrogens is 280 g/mol. The second kappa shape index (κ2) is 5.23. The summed E-state index contributed by atoms with van der Waals surface area (Å²) in [6.45, 7) is 2.20. The van der Waals surface area contributed by atoms with E-state index in [1.165, 1.54) is 0 Å². The summed E-state index contributed by atoms with van der Waals surface area (Å²) in [7, 11) is -7.36. The molecule has 0 bridgehead atoms. The van der Waals surface area contributed by atoms with Gasteiger partial charge in [-0.3, -0.25) is 4.57 Å². The fourth-order valence-corrected chi connectivity index (χ4v) is 3.73. The van der Waals surface area contributed by atoms with Gasteiger partial charge in [0.05, 0.1) is 15.5 Å². The number of nitrogens with one attached hydrogen (secondary N) is 1. The van der Waals surface area contributed by atoms with Crippen LogP contribution in [0.2, 0.25) is 0 Å². The number of aryl methyl sites for hydroxylation is 1. The lowest BCUT2D eigenvalue weighted by Gasteiger charge is -2.08. The van der Waals surface area contributed by atoms with Gasteiger partial charge in [0.1, 0.15) is 0 Å². The molecule has 1 aliphatic rings. The number of hydrogen-bond acceptors (Lipinski definition) is 6. The third kappa shape index (κ3) is 4.30. The van der Waals surface area contributed by atoms with Crippen LogP contribution in [-0.2, 0) is 18.2 Å². The molecule has 18 heavy (non-hydrogen) atoms. The van der Waals surface area contributed by atoms with Crippen LogP contribution in [0.15, 0.2) is 24.3 Å². The van der Waals surface area contributed by atoms with Gasteiger partial charge in [-0.2, -0.15) is 4.89 Å². The summed E-state index contributed by atoms with van der Waals surface area (Å²) in [5.41, 5.74) is 1.97. The minimum absolute atomic E-state index is 0.157. The van der Waals surface area contributed by atoms with E-state index >= 15 is 0 Å². The Kier molecular flexibility index (Phi) is 4.04. The van der Waals surface area contributed by atoms with Gasteiger partial charge >= 0.3 is 15.8 Å². The lowest BCUT2D eigenvalue weighted by molar-refractivity contribution is 0.0850. The van der Waals surface area contributed by atoms with Crippen LogP contribution in [0.25, 0.3) is 0 Å². The van der Waals surface area contributed by atoms with Gasteiger partial charge in [-0.15, -0.1) is 0 Å². The maximum atomic E-state index is 11.5. The molecule has 2 rings (SSSR count). The van der Waals surface area contributed by atoms with E-state index < -0.39 is 15.8 Å². The van der Waals surface area contributed by atoms with Crippen molar-refractivity contribution in [1.29, 1.82) is 0 Å². The average molecular weight is 294 g/mol. The maximum Gasteiger partial charge on any atom is 0.650 e. The summed E-state index contributed by atoms with van der Waals surface area (Å²) in [4.78, 5) is 18.5. The SMILES string of the molecule is Cc1ccc(NCCP(=O)(O)O[P+]2(O)OO2)cc1. The van der Waals surface area contributed by atoms with Crippen molar-refractivity contribution in [1.82, 2.24) is 0 Å². The highest BCUT2D eigenvalue weighted by molar-refractivity contribution is 7.69. The number of hydrogen-bond donors (Lipinski definition) is 3. The second-order valence-corrected chi connectivity index (χ2v) is 7.46. The fraction of sp³-hybridized carbons (Fsp3) is 0.333. The topological polar surface area (TPSA) is 104 Å². The first kappa shape index (κ1) is 13.9. The molecule has 0 saturated carbocycles. The number of benzene rings is 1. The molecule has 0 aromatic heterocycles. The Morgan fingerprint density at radius 3 is 2.56 bits per heavy atom. The molecule has 3 N–H and O–H groups in total. The zero-order valence-corrected chi connectivity index (χ0v) is 11.4. The molecule has 1 aliphatic heterocycles. The summed E-state index contributed by atoms with van der Waals surface area (Å²) >= 11 is 0. The highest BCUT2D eigenvalue weighted by atomic mass is 31.3. The van der Waals surface area contributed by atoms with E-state index in [1.54, 1.807) is 0 Å². The van der Waals surface area contributed by atoms with Crippen molar-refractivity contribution in [3.63, 3.8) is 0 Å². The highest BCUT2D eigenvalue weighted by Crippen LogP contribution is 2.79. The van der Waals surface area contributed by atoms with Crippen molar-refractivity contribution in [3.8, 4) is 0 Å². The van der Waals surface area contributed by atoms with E-state index in [0.29, 0.717) is 0 Å². The molecule has 9 heteroatoms. The fourth-order valence-electron chi connectivity index (χ4n) is 1.27. The van der Waals surface area contributed by atoms with E-state index in [2.05, 4.69) is 19.0 Å². The van der Waals surface area contributed by atoms with Crippen molar-refractivity contribution >= 4 is 21.5 Å². The molecule has 1 heterocycles. The molecule has 0 aliphatic carbocycles. The van der Waals surface area contributed by atoms with E-state index in [0.717, 1.165) is 11.3 Å². The predicted octanol–water partition coefficient (Wildman–Crippen LogP) is 2.24. The summed E-state index contributed by atoms with van der Waals surface area (Å²) in [6, 6.07) is 7.59. The van der Waals surface area contributed by atoms with Crippen molar-refractivity contribution in [3.05, 3.63) is 29.8 Å². The third-order valence-corrected chi connectivity index (χ3v) is 5.25. The van der Waals surface area contributed by atoms with Crippen LogP contribution in [0, 0.1) is 6.92 Å². The zero-order valence-electron chi connectivity index (χ0n) is 9.65. The van der Waals surface area contributed by atoms with E-state index in [4.69, 9.17) is 4.89 Å². The number of rotatable bonds is 6. The summed E-state index contributed by atoms with van der Waals surface area (Å²) in [5, 5.41) is 2.97. The molecule has 1 aromatic rings. The smallest absolute Gasteiger partial charge is 0.384 e. The van der Waals surface area contributed by atoms with Crippen LogP contribution in [0.1, 0.15) is 5.56 Å². The van der Waals surface area contributed by atoms with Gasteiger partial charge in [0.25, 0.3) is 0 Å². The van der Waals surface area contributed by atoms with Crippen LogP contribution in [-0.4, -0.2) is 22.5 Å². The maximum absolute atomic E-state index is 11.5. The van der Waals surface area contributed by atoms with Gasteiger partial charge in [-0.25, -0.2) is 0 Å². The molecule has 0 radical (unpaired) electrons. The van der Waals surface area contributed by atoms with Crippen LogP contribution in [0.3, 0.4) is 0 Å². The molecule has 1 fully saturated rings. The van der Waals surface area contributed by atoms with Crippen molar-refractivity contribution < 1.29 is 28.0 Å². The van der Waals surface area contributed by atoms with Crippen LogP contribution in [0.5, 0.6) is 0 Å². The monoisotopic (exact) mass is 294 g/mol.